The van der Waals surface area contributed by atoms with Gasteiger partial charge >= 0.3 is 0 Å². The van der Waals surface area contributed by atoms with Crippen molar-refractivity contribution in [2.24, 2.45) is 0 Å². The van der Waals surface area contributed by atoms with Crippen LogP contribution in [0.25, 0.3) is 0 Å². The third-order valence-corrected chi connectivity index (χ3v) is 4.31. The summed E-state index contributed by atoms with van der Waals surface area (Å²) in [6.45, 7) is 8.62. The summed E-state index contributed by atoms with van der Waals surface area (Å²) in [5.74, 6) is 0.0823. The Balaban J connectivity index is 3.21. The van der Waals surface area contributed by atoms with Crippen LogP contribution in [-0.2, 0) is 4.79 Å². The fourth-order valence-corrected chi connectivity index (χ4v) is 2.79. The van der Waals surface area contributed by atoms with Crippen LogP contribution in [0.2, 0.25) is 0 Å². The molecule has 0 N–H and O–H groups in total. The van der Waals surface area contributed by atoms with Crippen LogP contribution in [0.3, 0.4) is 0 Å². The number of unbranched alkanes of at least 4 members (excludes halogenated alkanes) is 12. The second-order valence-electron chi connectivity index (χ2n) is 6.75. The summed E-state index contributed by atoms with van der Waals surface area (Å²) in [4.78, 5) is 13.4. The molecule has 0 aromatic carbocycles. The summed E-state index contributed by atoms with van der Waals surface area (Å²) in [5.41, 5.74) is 0.636. The predicted molar refractivity (Wildman–Crippen MR) is 98.1 cm³/mol. The molecule has 0 aromatic heterocycles. The van der Waals surface area contributed by atoms with Gasteiger partial charge < -0.3 is 4.90 Å². The summed E-state index contributed by atoms with van der Waals surface area (Å²) >= 11 is 0. The molecule has 1 amide bonds. The van der Waals surface area contributed by atoms with Crippen LogP contribution in [0.4, 0.5) is 0 Å². The van der Waals surface area contributed by atoms with Crippen molar-refractivity contribution in [2.75, 3.05) is 13.6 Å². The molecule has 0 aliphatic rings. The van der Waals surface area contributed by atoms with Crippen molar-refractivity contribution in [1.82, 2.24) is 4.90 Å². The Morgan fingerprint density at radius 1 is 0.773 bits per heavy atom. The van der Waals surface area contributed by atoms with E-state index in [4.69, 9.17) is 0 Å². The van der Waals surface area contributed by atoms with Crippen LogP contribution in [0, 0.1) is 0 Å². The summed E-state index contributed by atoms with van der Waals surface area (Å²) in [7, 11) is 1.87. The van der Waals surface area contributed by atoms with Crippen molar-refractivity contribution in [3.05, 3.63) is 12.2 Å². The average Bonchev–Trinajstić information content (AvgIpc) is 2.50. The third kappa shape index (κ3) is 12.9. The second-order valence-corrected chi connectivity index (χ2v) is 6.75. The van der Waals surface area contributed by atoms with Gasteiger partial charge in [-0.2, -0.15) is 0 Å². The molecule has 0 heterocycles. The number of carbonyl (C=O) groups is 1. The molecule has 0 saturated carbocycles. The maximum Gasteiger partial charge on any atom is 0.248 e. The lowest BCUT2D eigenvalue weighted by molar-refractivity contribution is -0.125. The molecule has 0 unspecified atom stereocenters. The minimum absolute atomic E-state index is 0.0823. The number of nitrogens with zero attached hydrogens (tertiary/aromatic N) is 1. The van der Waals surface area contributed by atoms with Gasteiger partial charge in [-0.15, -0.1) is 0 Å². The van der Waals surface area contributed by atoms with Crippen LogP contribution in [0.15, 0.2) is 12.2 Å². The topological polar surface area (TPSA) is 20.3 Å². The lowest BCUT2D eigenvalue weighted by Gasteiger charge is -2.16. The van der Waals surface area contributed by atoms with Crippen molar-refractivity contribution in [1.29, 1.82) is 0 Å². The van der Waals surface area contributed by atoms with E-state index < -0.39 is 0 Å². The van der Waals surface area contributed by atoms with Gasteiger partial charge in [0.1, 0.15) is 0 Å². The van der Waals surface area contributed by atoms with E-state index in [0.29, 0.717) is 5.57 Å². The Morgan fingerprint density at radius 2 is 1.14 bits per heavy atom. The Bertz CT molecular complexity index is 285. The maximum absolute atomic E-state index is 11.6. The molecule has 2 heteroatoms. The van der Waals surface area contributed by atoms with E-state index in [1.807, 2.05) is 7.05 Å². The number of rotatable bonds is 15. The van der Waals surface area contributed by atoms with Crippen LogP contribution >= 0.6 is 0 Å². The molecule has 0 aromatic rings. The van der Waals surface area contributed by atoms with Crippen molar-refractivity contribution >= 4 is 5.91 Å². The first-order valence-electron chi connectivity index (χ1n) is 9.50. The molecule has 0 atom stereocenters. The summed E-state index contributed by atoms with van der Waals surface area (Å²) in [6.07, 6.45) is 17.7. The van der Waals surface area contributed by atoms with Crippen LogP contribution in [0.5, 0.6) is 0 Å². The largest absolute Gasteiger partial charge is 0.342 e. The molecular formula is C20H39NO. The molecule has 22 heavy (non-hydrogen) atoms. The van der Waals surface area contributed by atoms with E-state index in [1.165, 1.54) is 77.0 Å². The van der Waals surface area contributed by atoms with Gasteiger partial charge in [-0.05, 0) is 13.3 Å². The van der Waals surface area contributed by atoms with E-state index >= 15 is 0 Å². The molecule has 0 spiro atoms. The molecular weight excluding hydrogens is 270 g/mol. The maximum atomic E-state index is 11.6. The lowest BCUT2D eigenvalue weighted by atomic mass is 10.0. The molecule has 0 saturated heterocycles. The highest BCUT2D eigenvalue weighted by atomic mass is 16.2. The smallest absolute Gasteiger partial charge is 0.248 e. The van der Waals surface area contributed by atoms with Gasteiger partial charge in [0.25, 0.3) is 0 Å². The molecule has 0 rings (SSSR count). The standard InChI is InChI=1S/C20H39NO/c1-5-6-7-8-9-10-11-12-13-14-15-16-17-18-21(4)20(22)19(2)3/h2,5-18H2,1,3-4H3. The van der Waals surface area contributed by atoms with Gasteiger partial charge in [-0.1, -0.05) is 90.6 Å². The van der Waals surface area contributed by atoms with Gasteiger partial charge in [0.2, 0.25) is 5.91 Å². The zero-order valence-electron chi connectivity index (χ0n) is 15.5. The van der Waals surface area contributed by atoms with E-state index in [9.17, 15) is 4.79 Å². The van der Waals surface area contributed by atoms with Crippen LogP contribution < -0.4 is 0 Å². The minimum atomic E-state index is 0.0823. The monoisotopic (exact) mass is 309 g/mol. The predicted octanol–water partition coefficient (Wildman–Crippen LogP) is 6.11. The van der Waals surface area contributed by atoms with Crippen LogP contribution in [-0.4, -0.2) is 24.4 Å². The normalized spacial score (nSPS) is 10.7. The number of likely N-dealkylation sites (N-methyl/N-ethyl adjacent to an activating group) is 1. The molecule has 0 bridgehead atoms. The highest BCUT2D eigenvalue weighted by molar-refractivity contribution is 5.91. The molecule has 0 fully saturated rings. The highest BCUT2D eigenvalue weighted by Crippen LogP contribution is 2.12. The van der Waals surface area contributed by atoms with Gasteiger partial charge in [0.15, 0.2) is 0 Å². The van der Waals surface area contributed by atoms with Crippen LogP contribution in [0.1, 0.15) is 97.3 Å². The van der Waals surface area contributed by atoms with E-state index in [2.05, 4.69) is 13.5 Å². The highest BCUT2D eigenvalue weighted by Gasteiger charge is 2.07. The molecule has 130 valence electrons. The zero-order chi connectivity index (χ0) is 16.6. The van der Waals surface area contributed by atoms with E-state index in [0.717, 1.165) is 13.0 Å². The van der Waals surface area contributed by atoms with E-state index in [1.54, 1.807) is 11.8 Å². The van der Waals surface area contributed by atoms with Gasteiger partial charge in [-0.3, -0.25) is 4.79 Å². The first-order valence-corrected chi connectivity index (χ1v) is 9.50. The Hall–Kier alpha value is -0.790. The average molecular weight is 310 g/mol. The molecule has 0 radical (unpaired) electrons. The Morgan fingerprint density at radius 3 is 1.50 bits per heavy atom. The molecule has 0 aliphatic carbocycles. The first kappa shape index (κ1) is 21.2. The number of amides is 1. The summed E-state index contributed by atoms with van der Waals surface area (Å²) < 4.78 is 0. The zero-order valence-corrected chi connectivity index (χ0v) is 15.5. The number of carbonyl (C=O) groups excluding carboxylic acids is 1. The fraction of sp³-hybridized carbons (Fsp3) is 0.850. The second kappa shape index (κ2) is 15.1. The number of hydrogen-bond donors (Lipinski definition) is 0. The Labute approximate surface area is 139 Å². The summed E-state index contributed by atoms with van der Waals surface area (Å²) in [6, 6.07) is 0. The number of hydrogen-bond acceptors (Lipinski definition) is 1. The van der Waals surface area contributed by atoms with Crippen molar-refractivity contribution in [3.63, 3.8) is 0 Å². The molecule has 2 nitrogen and oxygen atoms in total. The SMILES string of the molecule is C=C(C)C(=O)N(C)CCCCCCCCCCCCCCC. The van der Waals surface area contributed by atoms with Crippen molar-refractivity contribution < 1.29 is 4.79 Å². The quantitative estimate of drug-likeness (QED) is 0.264. The lowest BCUT2D eigenvalue weighted by Crippen LogP contribution is -2.27. The van der Waals surface area contributed by atoms with E-state index in [-0.39, 0.29) is 5.91 Å². The minimum Gasteiger partial charge on any atom is -0.342 e. The Kier molecular flexibility index (Phi) is 14.6. The van der Waals surface area contributed by atoms with Crippen molar-refractivity contribution in [3.8, 4) is 0 Å². The van der Waals surface area contributed by atoms with Gasteiger partial charge in [0, 0.05) is 19.2 Å². The van der Waals surface area contributed by atoms with Crippen molar-refractivity contribution in [2.45, 2.75) is 97.3 Å². The fourth-order valence-electron chi connectivity index (χ4n) is 2.79. The van der Waals surface area contributed by atoms with Gasteiger partial charge in [-0.25, -0.2) is 0 Å². The van der Waals surface area contributed by atoms with Gasteiger partial charge in [0.05, 0.1) is 0 Å². The molecule has 0 aliphatic heterocycles. The third-order valence-electron chi connectivity index (χ3n) is 4.31. The summed E-state index contributed by atoms with van der Waals surface area (Å²) in [5, 5.41) is 0. The first-order chi connectivity index (χ1) is 10.6.